The van der Waals surface area contributed by atoms with Crippen LogP contribution in [0.4, 0.5) is 4.39 Å². The minimum atomic E-state index is -0.146. The molecule has 0 saturated heterocycles. The van der Waals surface area contributed by atoms with Gasteiger partial charge in [-0.05, 0) is 56.3 Å². The Kier molecular flexibility index (Phi) is 7.35. The third-order valence-electron chi connectivity index (χ3n) is 3.01. The highest BCUT2D eigenvalue weighted by Gasteiger charge is 2.08. The maximum atomic E-state index is 13.1. The highest BCUT2D eigenvalue weighted by Crippen LogP contribution is 2.11. The minimum absolute atomic E-state index is 0.146. The molecule has 0 aliphatic carbocycles. The number of unbranched alkanes of at least 4 members (excludes halogenated alkanes) is 1. The standard InChI is InChI=1S/C16H24FN/c1-3-5-6-10-16(18-11-4-2)13-14-8-7-9-15(17)12-14/h3,7-9,12,16,18H,1,4-6,10-11,13H2,2H3. The van der Waals surface area contributed by atoms with Gasteiger partial charge in [0.1, 0.15) is 5.82 Å². The lowest BCUT2D eigenvalue weighted by molar-refractivity contribution is 0.465. The molecule has 2 heteroatoms. The van der Waals surface area contributed by atoms with Crippen molar-refractivity contribution in [1.29, 1.82) is 0 Å². The Morgan fingerprint density at radius 1 is 1.44 bits per heavy atom. The fraction of sp³-hybridized carbons (Fsp3) is 0.500. The second-order valence-corrected chi connectivity index (χ2v) is 4.70. The van der Waals surface area contributed by atoms with E-state index in [-0.39, 0.29) is 5.82 Å². The van der Waals surface area contributed by atoms with Crippen LogP contribution >= 0.6 is 0 Å². The van der Waals surface area contributed by atoms with Crippen molar-refractivity contribution in [2.75, 3.05) is 6.54 Å². The van der Waals surface area contributed by atoms with Gasteiger partial charge in [0.05, 0.1) is 0 Å². The summed E-state index contributed by atoms with van der Waals surface area (Å²) in [6, 6.07) is 7.35. The van der Waals surface area contributed by atoms with Crippen molar-refractivity contribution in [3.05, 3.63) is 48.3 Å². The molecule has 18 heavy (non-hydrogen) atoms. The summed E-state index contributed by atoms with van der Waals surface area (Å²) >= 11 is 0. The van der Waals surface area contributed by atoms with Gasteiger partial charge in [0.15, 0.2) is 0 Å². The minimum Gasteiger partial charge on any atom is -0.314 e. The molecule has 0 heterocycles. The van der Waals surface area contributed by atoms with E-state index in [4.69, 9.17) is 0 Å². The number of halogens is 1. The van der Waals surface area contributed by atoms with Gasteiger partial charge < -0.3 is 5.32 Å². The summed E-state index contributed by atoms with van der Waals surface area (Å²) in [6.07, 6.45) is 7.28. The Morgan fingerprint density at radius 3 is 2.94 bits per heavy atom. The molecule has 0 aliphatic rings. The number of benzene rings is 1. The molecule has 1 aromatic carbocycles. The Hall–Kier alpha value is -1.15. The normalized spacial score (nSPS) is 12.3. The predicted molar refractivity (Wildman–Crippen MR) is 76.2 cm³/mol. The van der Waals surface area contributed by atoms with Crippen molar-refractivity contribution in [2.24, 2.45) is 0 Å². The fourth-order valence-corrected chi connectivity index (χ4v) is 2.08. The Labute approximate surface area is 110 Å². The van der Waals surface area contributed by atoms with Crippen molar-refractivity contribution in [3.8, 4) is 0 Å². The monoisotopic (exact) mass is 249 g/mol. The quantitative estimate of drug-likeness (QED) is 0.513. The van der Waals surface area contributed by atoms with Crippen molar-refractivity contribution in [2.45, 2.75) is 45.1 Å². The summed E-state index contributed by atoms with van der Waals surface area (Å²) in [7, 11) is 0. The summed E-state index contributed by atoms with van der Waals surface area (Å²) in [6.45, 7) is 6.93. The number of hydrogen-bond donors (Lipinski definition) is 1. The first kappa shape index (κ1) is 14.9. The van der Waals surface area contributed by atoms with Gasteiger partial charge in [0.25, 0.3) is 0 Å². The lowest BCUT2D eigenvalue weighted by atomic mass is 10.0. The molecule has 1 atom stereocenters. The Balaban J connectivity index is 2.50. The van der Waals surface area contributed by atoms with E-state index in [1.807, 2.05) is 12.1 Å². The molecule has 0 amide bonds. The molecular formula is C16H24FN. The highest BCUT2D eigenvalue weighted by molar-refractivity contribution is 5.17. The molecule has 0 bridgehead atoms. The summed E-state index contributed by atoms with van der Waals surface area (Å²) in [5, 5.41) is 3.54. The largest absolute Gasteiger partial charge is 0.314 e. The number of allylic oxidation sites excluding steroid dienone is 1. The van der Waals surface area contributed by atoms with E-state index in [0.717, 1.165) is 44.2 Å². The number of rotatable bonds is 9. The van der Waals surface area contributed by atoms with Crippen LogP contribution in [-0.4, -0.2) is 12.6 Å². The van der Waals surface area contributed by atoms with Crippen LogP contribution in [-0.2, 0) is 6.42 Å². The van der Waals surface area contributed by atoms with E-state index >= 15 is 0 Å². The molecule has 0 fully saturated rings. The van der Waals surface area contributed by atoms with E-state index in [1.54, 1.807) is 12.1 Å². The van der Waals surface area contributed by atoms with Crippen molar-refractivity contribution >= 4 is 0 Å². The SMILES string of the molecule is C=CCCCC(Cc1cccc(F)c1)NCCC. The second-order valence-electron chi connectivity index (χ2n) is 4.70. The van der Waals surface area contributed by atoms with E-state index < -0.39 is 0 Å². The molecule has 0 aromatic heterocycles. The zero-order valence-corrected chi connectivity index (χ0v) is 11.3. The Bertz CT molecular complexity index is 349. The summed E-state index contributed by atoms with van der Waals surface area (Å²) in [5.74, 6) is -0.146. The molecule has 100 valence electrons. The van der Waals surface area contributed by atoms with Crippen molar-refractivity contribution < 1.29 is 4.39 Å². The van der Waals surface area contributed by atoms with Gasteiger partial charge in [-0.15, -0.1) is 6.58 Å². The lowest BCUT2D eigenvalue weighted by Gasteiger charge is -2.18. The summed E-state index contributed by atoms with van der Waals surface area (Å²) < 4.78 is 13.1. The summed E-state index contributed by atoms with van der Waals surface area (Å²) in [5.41, 5.74) is 1.07. The third kappa shape index (κ3) is 5.97. The molecule has 1 N–H and O–H groups in total. The first-order valence-corrected chi connectivity index (χ1v) is 6.85. The zero-order valence-electron chi connectivity index (χ0n) is 11.3. The molecule has 0 saturated carbocycles. The van der Waals surface area contributed by atoms with Gasteiger partial charge in [0, 0.05) is 6.04 Å². The van der Waals surface area contributed by atoms with Crippen molar-refractivity contribution in [3.63, 3.8) is 0 Å². The molecule has 1 aromatic rings. The van der Waals surface area contributed by atoms with Gasteiger partial charge in [0.2, 0.25) is 0 Å². The van der Waals surface area contributed by atoms with Crippen LogP contribution < -0.4 is 5.32 Å². The zero-order chi connectivity index (χ0) is 13.2. The van der Waals surface area contributed by atoms with Crippen molar-refractivity contribution in [1.82, 2.24) is 5.32 Å². The van der Waals surface area contributed by atoms with Gasteiger partial charge >= 0.3 is 0 Å². The van der Waals surface area contributed by atoms with Crippen LogP contribution in [0.1, 0.15) is 38.2 Å². The van der Waals surface area contributed by atoms with Gasteiger partial charge in [-0.3, -0.25) is 0 Å². The van der Waals surface area contributed by atoms with Crippen LogP contribution in [0.15, 0.2) is 36.9 Å². The smallest absolute Gasteiger partial charge is 0.123 e. The van der Waals surface area contributed by atoms with Gasteiger partial charge in [-0.1, -0.05) is 25.1 Å². The second kappa shape index (κ2) is 8.87. The predicted octanol–water partition coefficient (Wildman–Crippen LogP) is 4.09. The topological polar surface area (TPSA) is 12.0 Å². The molecular weight excluding hydrogens is 225 g/mol. The van der Waals surface area contributed by atoms with E-state index in [0.29, 0.717) is 6.04 Å². The molecule has 0 spiro atoms. The van der Waals surface area contributed by atoms with Crippen LogP contribution in [0.25, 0.3) is 0 Å². The highest BCUT2D eigenvalue weighted by atomic mass is 19.1. The molecule has 0 radical (unpaired) electrons. The number of nitrogens with one attached hydrogen (secondary N) is 1. The molecule has 1 unspecified atom stereocenters. The molecule has 0 aliphatic heterocycles. The van der Waals surface area contributed by atoms with Crippen LogP contribution in [0.2, 0.25) is 0 Å². The lowest BCUT2D eigenvalue weighted by Crippen LogP contribution is -2.31. The summed E-state index contributed by atoms with van der Waals surface area (Å²) in [4.78, 5) is 0. The average molecular weight is 249 g/mol. The first-order valence-electron chi connectivity index (χ1n) is 6.85. The number of hydrogen-bond acceptors (Lipinski definition) is 1. The third-order valence-corrected chi connectivity index (χ3v) is 3.01. The maximum absolute atomic E-state index is 13.1. The van der Waals surface area contributed by atoms with E-state index in [9.17, 15) is 4.39 Å². The molecule has 1 rings (SSSR count). The van der Waals surface area contributed by atoms with Gasteiger partial charge in [-0.2, -0.15) is 0 Å². The molecule has 1 nitrogen and oxygen atoms in total. The van der Waals surface area contributed by atoms with Crippen LogP contribution in [0.5, 0.6) is 0 Å². The van der Waals surface area contributed by atoms with E-state index in [2.05, 4.69) is 18.8 Å². The Morgan fingerprint density at radius 2 is 2.28 bits per heavy atom. The maximum Gasteiger partial charge on any atom is 0.123 e. The average Bonchev–Trinajstić information content (AvgIpc) is 2.36. The van der Waals surface area contributed by atoms with Crippen LogP contribution in [0, 0.1) is 5.82 Å². The first-order chi connectivity index (χ1) is 8.76. The van der Waals surface area contributed by atoms with E-state index in [1.165, 1.54) is 6.07 Å². The van der Waals surface area contributed by atoms with Crippen LogP contribution in [0.3, 0.4) is 0 Å². The fourth-order valence-electron chi connectivity index (χ4n) is 2.08. The van der Waals surface area contributed by atoms with Gasteiger partial charge in [-0.25, -0.2) is 4.39 Å².